The van der Waals surface area contributed by atoms with Gasteiger partial charge in [-0.1, -0.05) is 18.5 Å². The third kappa shape index (κ3) is 3.45. The minimum Gasteiger partial charge on any atom is -0.327 e. The number of nitrogens with zero attached hydrogens (tertiary/aromatic N) is 1. The first-order chi connectivity index (χ1) is 7.95. The molecule has 1 amide bonds. The molecule has 17 heavy (non-hydrogen) atoms. The number of halogens is 1. The van der Waals surface area contributed by atoms with Gasteiger partial charge in [-0.05, 0) is 25.1 Å². The van der Waals surface area contributed by atoms with Gasteiger partial charge in [-0.15, -0.1) is 0 Å². The van der Waals surface area contributed by atoms with Crippen LogP contribution in [-0.4, -0.2) is 11.9 Å². The van der Waals surface area contributed by atoms with Crippen molar-refractivity contribution in [2.75, 3.05) is 5.32 Å². The van der Waals surface area contributed by atoms with Crippen molar-refractivity contribution in [3.63, 3.8) is 0 Å². The molecule has 4 nitrogen and oxygen atoms in total. The summed E-state index contributed by atoms with van der Waals surface area (Å²) in [5, 5.41) is 11.7. The van der Waals surface area contributed by atoms with Crippen LogP contribution in [0, 0.1) is 17.2 Å². The van der Waals surface area contributed by atoms with E-state index in [0.29, 0.717) is 16.3 Å². The van der Waals surface area contributed by atoms with Crippen molar-refractivity contribution in [2.45, 2.75) is 19.9 Å². The number of benzene rings is 1. The molecule has 0 aliphatic carbocycles. The monoisotopic (exact) mass is 251 g/mol. The number of hydrogen-bond donors (Lipinski definition) is 2. The van der Waals surface area contributed by atoms with E-state index in [-0.39, 0.29) is 17.9 Å². The first-order valence-corrected chi connectivity index (χ1v) is 5.59. The normalized spacial score (nSPS) is 13.6. The van der Waals surface area contributed by atoms with Crippen LogP contribution in [0.1, 0.15) is 19.4 Å². The molecule has 3 N–H and O–H groups in total. The molecule has 0 saturated carbocycles. The van der Waals surface area contributed by atoms with Gasteiger partial charge in [0.1, 0.15) is 6.07 Å². The summed E-state index contributed by atoms with van der Waals surface area (Å²) in [5.74, 6) is -0.454. The van der Waals surface area contributed by atoms with Crippen molar-refractivity contribution < 1.29 is 4.79 Å². The summed E-state index contributed by atoms with van der Waals surface area (Å²) in [5.41, 5.74) is 6.58. The van der Waals surface area contributed by atoms with Gasteiger partial charge in [0, 0.05) is 11.7 Å². The predicted octanol–water partition coefficient (Wildman–Crippen LogP) is 2.13. The molecule has 0 aliphatic heterocycles. The van der Waals surface area contributed by atoms with Crippen LogP contribution in [0.2, 0.25) is 5.02 Å². The zero-order chi connectivity index (χ0) is 13.0. The van der Waals surface area contributed by atoms with Crippen LogP contribution in [0.25, 0.3) is 0 Å². The van der Waals surface area contributed by atoms with Crippen molar-refractivity contribution in [2.24, 2.45) is 11.7 Å². The SMILES string of the molecule is CC(N)C(C)C(=O)Nc1ccc(C#N)c(Cl)c1. The van der Waals surface area contributed by atoms with Gasteiger partial charge in [0.25, 0.3) is 0 Å². The fourth-order valence-corrected chi connectivity index (χ4v) is 1.40. The Morgan fingerprint density at radius 2 is 2.18 bits per heavy atom. The lowest BCUT2D eigenvalue weighted by molar-refractivity contribution is -0.119. The second kappa shape index (κ2) is 5.67. The summed E-state index contributed by atoms with van der Waals surface area (Å²) in [6, 6.07) is 6.48. The van der Waals surface area contributed by atoms with Gasteiger partial charge in [0.05, 0.1) is 16.5 Å². The number of carbonyl (C=O) groups is 1. The molecular formula is C12H14ClN3O. The largest absolute Gasteiger partial charge is 0.327 e. The Morgan fingerprint density at radius 1 is 1.53 bits per heavy atom. The zero-order valence-corrected chi connectivity index (χ0v) is 10.5. The first kappa shape index (κ1) is 13.5. The fraction of sp³-hybridized carbons (Fsp3) is 0.333. The van der Waals surface area contributed by atoms with Gasteiger partial charge in [0.2, 0.25) is 5.91 Å². The Hall–Kier alpha value is -1.57. The maximum absolute atomic E-state index is 11.7. The number of carbonyl (C=O) groups excluding carboxylic acids is 1. The quantitative estimate of drug-likeness (QED) is 0.864. The lowest BCUT2D eigenvalue weighted by Gasteiger charge is -2.15. The highest BCUT2D eigenvalue weighted by atomic mass is 35.5. The summed E-state index contributed by atoms with van der Waals surface area (Å²) in [4.78, 5) is 11.7. The van der Waals surface area contributed by atoms with Gasteiger partial charge in [-0.3, -0.25) is 4.79 Å². The van der Waals surface area contributed by atoms with Crippen LogP contribution >= 0.6 is 11.6 Å². The Kier molecular flexibility index (Phi) is 4.50. The molecule has 0 radical (unpaired) electrons. The van der Waals surface area contributed by atoms with Crippen molar-refractivity contribution in [1.29, 1.82) is 5.26 Å². The van der Waals surface area contributed by atoms with Gasteiger partial charge < -0.3 is 11.1 Å². The van der Waals surface area contributed by atoms with E-state index in [1.54, 1.807) is 32.0 Å². The van der Waals surface area contributed by atoms with E-state index >= 15 is 0 Å². The average molecular weight is 252 g/mol. The number of nitrogens with one attached hydrogen (secondary N) is 1. The number of nitriles is 1. The zero-order valence-electron chi connectivity index (χ0n) is 9.70. The van der Waals surface area contributed by atoms with E-state index in [2.05, 4.69) is 5.32 Å². The Morgan fingerprint density at radius 3 is 2.65 bits per heavy atom. The van der Waals surface area contributed by atoms with Crippen molar-refractivity contribution in [3.8, 4) is 6.07 Å². The number of rotatable bonds is 3. The third-order valence-corrected chi connectivity index (χ3v) is 2.87. The molecule has 90 valence electrons. The molecule has 0 saturated heterocycles. The van der Waals surface area contributed by atoms with E-state index in [1.165, 1.54) is 0 Å². The molecule has 0 fully saturated rings. The van der Waals surface area contributed by atoms with Gasteiger partial charge >= 0.3 is 0 Å². The van der Waals surface area contributed by atoms with Gasteiger partial charge in [-0.25, -0.2) is 0 Å². The molecule has 0 aliphatic rings. The Labute approximate surface area is 105 Å². The summed E-state index contributed by atoms with van der Waals surface area (Å²) >= 11 is 5.86. The number of anilines is 1. The van der Waals surface area contributed by atoms with E-state index in [4.69, 9.17) is 22.6 Å². The molecule has 5 heteroatoms. The van der Waals surface area contributed by atoms with Crippen LogP contribution in [0.3, 0.4) is 0 Å². The molecule has 0 bridgehead atoms. The number of amides is 1. The highest BCUT2D eigenvalue weighted by Crippen LogP contribution is 2.20. The van der Waals surface area contributed by atoms with Crippen LogP contribution < -0.4 is 11.1 Å². The molecule has 1 aromatic rings. The van der Waals surface area contributed by atoms with Crippen LogP contribution in [0.4, 0.5) is 5.69 Å². The topological polar surface area (TPSA) is 78.9 Å². The van der Waals surface area contributed by atoms with E-state index in [9.17, 15) is 4.79 Å². The molecule has 0 aromatic heterocycles. The number of hydrogen-bond acceptors (Lipinski definition) is 3. The summed E-state index contributed by atoms with van der Waals surface area (Å²) in [6.07, 6.45) is 0. The van der Waals surface area contributed by atoms with Crippen molar-refractivity contribution in [1.82, 2.24) is 0 Å². The van der Waals surface area contributed by atoms with Crippen LogP contribution in [0.5, 0.6) is 0 Å². The van der Waals surface area contributed by atoms with E-state index < -0.39 is 0 Å². The summed E-state index contributed by atoms with van der Waals surface area (Å²) < 4.78 is 0. The minimum absolute atomic E-state index is 0.166. The van der Waals surface area contributed by atoms with Crippen molar-refractivity contribution >= 4 is 23.2 Å². The second-order valence-corrected chi connectivity index (χ2v) is 4.35. The molecular weight excluding hydrogens is 238 g/mol. The number of nitrogens with two attached hydrogens (primary N) is 1. The maximum Gasteiger partial charge on any atom is 0.228 e. The summed E-state index contributed by atoms with van der Waals surface area (Å²) in [6.45, 7) is 3.53. The highest BCUT2D eigenvalue weighted by molar-refractivity contribution is 6.32. The molecule has 0 spiro atoms. The van der Waals surface area contributed by atoms with Crippen molar-refractivity contribution in [3.05, 3.63) is 28.8 Å². The molecule has 2 atom stereocenters. The standard InChI is InChI=1S/C12H14ClN3O/c1-7(8(2)15)12(17)16-10-4-3-9(6-14)11(13)5-10/h3-5,7-8H,15H2,1-2H3,(H,16,17). The molecule has 2 unspecified atom stereocenters. The molecule has 0 heterocycles. The average Bonchev–Trinajstić information content (AvgIpc) is 2.28. The fourth-order valence-electron chi connectivity index (χ4n) is 1.18. The maximum atomic E-state index is 11.7. The lowest BCUT2D eigenvalue weighted by Crippen LogP contribution is -2.34. The third-order valence-electron chi connectivity index (χ3n) is 2.56. The van der Waals surface area contributed by atoms with Crippen LogP contribution in [0.15, 0.2) is 18.2 Å². The lowest BCUT2D eigenvalue weighted by atomic mass is 10.0. The van der Waals surface area contributed by atoms with E-state index in [0.717, 1.165) is 0 Å². The molecule has 1 rings (SSSR count). The first-order valence-electron chi connectivity index (χ1n) is 5.21. The van der Waals surface area contributed by atoms with Crippen LogP contribution in [-0.2, 0) is 4.79 Å². The van der Waals surface area contributed by atoms with Gasteiger partial charge in [-0.2, -0.15) is 5.26 Å². The molecule has 1 aromatic carbocycles. The Bertz CT molecular complexity index is 465. The second-order valence-electron chi connectivity index (χ2n) is 3.94. The smallest absolute Gasteiger partial charge is 0.228 e. The highest BCUT2D eigenvalue weighted by Gasteiger charge is 2.17. The predicted molar refractivity (Wildman–Crippen MR) is 67.6 cm³/mol. The van der Waals surface area contributed by atoms with Gasteiger partial charge in [0.15, 0.2) is 0 Å². The van der Waals surface area contributed by atoms with E-state index in [1.807, 2.05) is 6.07 Å². The Balaban J connectivity index is 2.80. The summed E-state index contributed by atoms with van der Waals surface area (Å²) in [7, 11) is 0. The minimum atomic E-state index is -0.288.